The predicted molar refractivity (Wildman–Crippen MR) is 124 cm³/mol. The fourth-order valence-corrected chi connectivity index (χ4v) is 5.69. The number of anilines is 1. The van der Waals surface area contributed by atoms with Crippen LogP contribution in [0.2, 0.25) is 0 Å². The number of hydrogen-bond donors (Lipinski definition) is 3. The highest BCUT2D eigenvalue weighted by molar-refractivity contribution is 5.91. The lowest BCUT2D eigenvalue weighted by Crippen LogP contribution is -2.46. The zero-order valence-electron chi connectivity index (χ0n) is 18.2. The van der Waals surface area contributed by atoms with Gasteiger partial charge in [0.25, 0.3) is 5.91 Å². The molecule has 0 spiro atoms. The van der Waals surface area contributed by atoms with E-state index in [1.807, 2.05) is 29.4 Å². The Morgan fingerprint density at radius 3 is 2.76 bits per heavy atom. The van der Waals surface area contributed by atoms with Crippen LogP contribution in [0.5, 0.6) is 0 Å². The van der Waals surface area contributed by atoms with Crippen molar-refractivity contribution in [2.45, 2.75) is 43.7 Å². The van der Waals surface area contributed by atoms with E-state index in [4.69, 9.17) is 10.7 Å². The molecule has 0 aromatic carbocycles. The van der Waals surface area contributed by atoms with E-state index in [-0.39, 0.29) is 23.9 Å². The summed E-state index contributed by atoms with van der Waals surface area (Å²) in [5, 5.41) is 12.0. The summed E-state index contributed by atoms with van der Waals surface area (Å²) in [7, 11) is 0. The molecule has 4 N–H and O–H groups in total. The van der Waals surface area contributed by atoms with Crippen LogP contribution in [0.1, 0.15) is 47.9 Å². The van der Waals surface area contributed by atoms with Gasteiger partial charge < -0.3 is 15.6 Å². The Bertz CT molecular complexity index is 1520. The van der Waals surface area contributed by atoms with Gasteiger partial charge in [-0.2, -0.15) is 14.7 Å². The Balaban J connectivity index is 1.23. The van der Waals surface area contributed by atoms with Crippen molar-refractivity contribution >= 4 is 28.4 Å². The van der Waals surface area contributed by atoms with Gasteiger partial charge in [-0.15, -0.1) is 0 Å². The maximum Gasteiger partial charge on any atom is 0.291 e. The molecular weight excluding hydrogens is 432 g/mol. The third kappa shape index (κ3) is 2.82. The summed E-state index contributed by atoms with van der Waals surface area (Å²) in [6.07, 6.45) is 10.5. The quantitative estimate of drug-likeness (QED) is 0.379. The first-order valence-corrected chi connectivity index (χ1v) is 11.4. The van der Waals surface area contributed by atoms with Crippen LogP contribution in [0.25, 0.3) is 27.8 Å². The summed E-state index contributed by atoms with van der Waals surface area (Å²) in [4.78, 5) is 31.7. The number of carbonyl (C=O) groups excluding carboxylic acids is 1. The van der Waals surface area contributed by atoms with Crippen molar-refractivity contribution in [2.24, 2.45) is 0 Å². The largest absolute Gasteiger partial charge is 0.384 e. The number of nitrogens with two attached hydrogens (primary N) is 1. The minimum absolute atomic E-state index is 0.0721. The molecule has 1 amide bonds. The van der Waals surface area contributed by atoms with Gasteiger partial charge in [0.05, 0.1) is 6.20 Å². The minimum Gasteiger partial charge on any atom is -0.384 e. The standard InChI is InChI=1S/C23H22N10O/c24-19-8-18(13-6-15-1-2-16(7-13)32(15)23(34)21-27-11-28-31-21)30-22-17(10-29-33(19)22)14-5-12-3-4-25-20(12)26-9-14/h3-5,8-11,13,15-16H,1-2,6-7,24H2,(H,25,26)(H,27,28,31). The van der Waals surface area contributed by atoms with Gasteiger partial charge in [0.15, 0.2) is 5.65 Å². The van der Waals surface area contributed by atoms with E-state index < -0.39 is 0 Å². The summed E-state index contributed by atoms with van der Waals surface area (Å²) < 4.78 is 1.68. The second-order valence-corrected chi connectivity index (χ2v) is 9.14. The molecule has 7 heterocycles. The first-order chi connectivity index (χ1) is 16.7. The van der Waals surface area contributed by atoms with E-state index in [1.165, 1.54) is 6.33 Å². The predicted octanol–water partition coefficient (Wildman–Crippen LogP) is 2.52. The highest BCUT2D eigenvalue weighted by atomic mass is 16.2. The van der Waals surface area contributed by atoms with Crippen molar-refractivity contribution in [2.75, 3.05) is 5.73 Å². The summed E-state index contributed by atoms with van der Waals surface area (Å²) in [6.45, 7) is 0. The third-order valence-corrected chi connectivity index (χ3v) is 7.23. The second-order valence-electron chi connectivity index (χ2n) is 9.14. The number of nitrogens with one attached hydrogen (secondary N) is 2. The van der Waals surface area contributed by atoms with Crippen molar-refractivity contribution in [1.29, 1.82) is 0 Å². The van der Waals surface area contributed by atoms with E-state index in [0.717, 1.165) is 59.2 Å². The van der Waals surface area contributed by atoms with E-state index >= 15 is 0 Å². The van der Waals surface area contributed by atoms with Gasteiger partial charge in [-0.05, 0) is 37.8 Å². The molecule has 11 nitrogen and oxygen atoms in total. The Morgan fingerprint density at radius 2 is 1.97 bits per heavy atom. The Hall–Kier alpha value is -4.28. The van der Waals surface area contributed by atoms with E-state index in [0.29, 0.717) is 11.6 Å². The number of H-pyrrole nitrogens is 2. The molecule has 7 rings (SSSR count). The van der Waals surface area contributed by atoms with Gasteiger partial charge >= 0.3 is 0 Å². The Labute approximate surface area is 193 Å². The zero-order chi connectivity index (χ0) is 22.8. The average Bonchev–Trinajstić information content (AvgIpc) is 3.64. The molecule has 5 aromatic heterocycles. The molecule has 0 radical (unpaired) electrons. The first kappa shape index (κ1) is 19.2. The number of aromatic amines is 2. The molecule has 34 heavy (non-hydrogen) atoms. The van der Waals surface area contributed by atoms with Gasteiger partial charge in [0.2, 0.25) is 5.82 Å². The molecule has 2 saturated heterocycles. The number of amides is 1. The third-order valence-electron chi connectivity index (χ3n) is 7.23. The van der Waals surface area contributed by atoms with Crippen LogP contribution in [0.3, 0.4) is 0 Å². The fraction of sp³-hybridized carbons (Fsp3) is 0.304. The molecule has 170 valence electrons. The normalized spacial score (nSPS) is 22.1. The molecular formula is C23H22N10O. The van der Waals surface area contributed by atoms with Gasteiger partial charge in [0, 0.05) is 58.7 Å². The van der Waals surface area contributed by atoms with Crippen molar-refractivity contribution in [3.8, 4) is 11.1 Å². The lowest BCUT2D eigenvalue weighted by molar-refractivity contribution is 0.0557. The molecule has 0 saturated carbocycles. The summed E-state index contributed by atoms with van der Waals surface area (Å²) in [5.74, 6) is 0.999. The lowest BCUT2D eigenvalue weighted by Gasteiger charge is -2.38. The number of pyridine rings is 1. The Kier molecular flexibility index (Phi) is 4.02. The smallest absolute Gasteiger partial charge is 0.291 e. The SMILES string of the molecule is Nc1cc(C2CC3CCC(C2)N3C(=O)c2ncn[nH]2)nc2c(-c3cnc4[nH]ccc4c3)cnn12. The molecule has 2 atom stereocenters. The number of piperidine rings is 1. The summed E-state index contributed by atoms with van der Waals surface area (Å²) in [6, 6.07) is 6.31. The molecule has 5 aromatic rings. The zero-order valence-corrected chi connectivity index (χ0v) is 18.2. The van der Waals surface area contributed by atoms with Gasteiger partial charge in [0.1, 0.15) is 17.8 Å². The second kappa shape index (κ2) is 7.11. The van der Waals surface area contributed by atoms with Gasteiger partial charge in [-0.1, -0.05) is 0 Å². The number of fused-ring (bicyclic) bond motifs is 4. The molecule has 0 aliphatic carbocycles. The van der Waals surface area contributed by atoms with Crippen LogP contribution in [-0.2, 0) is 0 Å². The topological polar surface area (TPSA) is 147 Å². The molecule has 11 heteroatoms. The maximum absolute atomic E-state index is 13.0. The van der Waals surface area contributed by atoms with Crippen LogP contribution in [0.15, 0.2) is 43.1 Å². The van der Waals surface area contributed by atoms with Crippen LogP contribution < -0.4 is 5.73 Å². The summed E-state index contributed by atoms with van der Waals surface area (Å²) >= 11 is 0. The van der Waals surface area contributed by atoms with E-state index in [1.54, 1.807) is 10.7 Å². The lowest BCUT2D eigenvalue weighted by atomic mass is 9.87. The number of nitrogens with zero attached hydrogens (tertiary/aromatic N) is 7. The molecule has 2 fully saturated rings. The summed E-state index contributed by atoms with van der Waals surface area (Å²) in [5.41, 5.74) is 10.8. The minimum atomic E-state index is -0.0721. The Morgan fingerprint density at radius 1 is 1.12 bits per heavy atom. The number of aromatic nitrogens is 8. The number of carbonyl (C=O) groups is 1. The number of hydrogen-bond acceptors (Lipinski definition) is 7. The van der Waals surface area contributed by atoms with E-state index in [2.05, 4.69) is 36.3 Å². The van der Waals surface area contributed by atoms with Gasteiger partial charge in [-0.3, -0.25) is 9.89 Å². The molecule has 2 aliphatic heterocycles. The number of nitrogen functional groups attached to an aromatic ring is 1. The maximum atomic E-state index is 13.0. The van der Waals surface area contributed by atoms with Crippen LogP contribution >= 0.6 is 0 Å². The van der Waals surface area contributed by atoms with Crippen molar-refractivity contribution < 1.29 is 4.79 Å². The number of rotatable bonds is 3. The van der Waals surface area contributed by atoms with Crippen LogP contribution in [-0.4, -0.2) is 62.6 Å². The molecule has 2 bridgehead atoms. The highest BCUT2D eigenvalue weighted by Gasteiger charge is 2.45. The molecule has 2 aliphatic rings. The highest BCUT2D eigenvalue weighted by Crippen LogP contribution is 2.43. The monoisotopic (exact) mass is 454 g/mol. The fourth-order valence-electron chi connectivity index (χ4n) is 5.69. The molecule has 2 unspecified atom stereocenters. The van der Waals surface area contributed by atoms with Crippen molar-refractivity contribution in [3.63, 3.8) is 0 Å². The van der Waals surface area contributed by atoms with Gasteiger partial charge in [-0.25, -0.2) is 15.0 Å². The van der Waals surface area contributed by atoms with Crippen LogP contribution in [0.4, 0.5) is 5.82 Å². The van der Waals surface area contributed by atoms with Crippen molar-refractivity contribution in [1.82, 2.24) is 44.6 Å². The van der Waals surface area contributed by atoms with Crippen molar-refractivity contribution in [3.05, 3.63) is 54.6 Å². The van der Waals surface area contributed by atoms with Crippen LogP contribution in [0, 0.1) is 0 Å². The van der Waals surface area contributed by atoms with E-state index in [9.17, 15) is 4.79 Å². The first-order valence-electron chi connectivity index (χ1n) is 11.4. The average molecular weight is 454 g/mol.